The highest BCUT2D eigenvalue weighted by Gasteiger charge is 2.28. The molecular weight excluding hydrogens is 152 g/mol. The maximum Gasteiger partial charge on any atom is 0.140 e. The molecule has 1 heterocycles. The van der Waals surface area contributed by atoms with Gasteiger partial charge in [-0.05, 0) is 19.3 Å². The van der Waals surface area contributed by atoms with E-state index in [1.54, 1.807) is 0 Å². The monoisotopic (exact) mass is 166 g/mol. The predicted octanol–water partition coefficient (Wildman–Crippen LogP) is 1.96. The van der Waals surface area contributed by atoms with Crippen molar-refractivity contribution in [3.05, 3.63) is 17.5 Å². The lowest BCUT2D eigenvalue weighted by Crippen LogP contribution is -2.08. The quantitative estimate of drug-likeness (QED) is 0.746. The molecule has 12 heavy (non-hydrogen) atoms. The van der Waals surface area contributed by atoms with E-state index in [9.17, 15) is 0 Å². The molecule has 3 nitrogen and oxygen atoms in total. The smallest absolute Gasteiger partial charge is 0.140 e. The van der Waals surface area contributed by atoms with E-state index in [1.807, 2.05) is 6.07 Å². The van der Waals surface area contributed by atoms with Gasteiger partial charge in [0.25, 0.3) is 0 Å². The molecule has 2 N–H and O–H groups in total. The maximum absolute atomic E-state index is 5.81. The van der Waals surface area contributed by atoms with Gasteiger partial charge in [-0.25, -0.2) is 0 Å². The van der Waals surface area contributed by atoms with Gasteiger partial charge in [0, 0.05) is 12.0 Å². The van der Waals surface area contributed by atoms with Gasteiger partial charge in [-0.1, -0.05) is 12.1 Å². The van der Waals surface area contributed by atoms with Crippen LogP contribution in [0.1, 0.15) is 49.6 Å². The first-order chi connectivity index (χ1) is 5.81. The van der Waals surface area contributed by atoms with Crippen LogP contribution in [0.2, 0.25) is 0 Å². The SMILES string of the molecule is CCC(N)c1cc(C2CC2)on1. The largest absolute Gasteiger partial charge is 0.361 e. The van der Waals surface area contributed by atoms with Crippen molar-refractivity contribution in [3.8, 4) is 0 Å². The van der Waals surface area contributed by atoms with Gasteiger partial charge >= 0.3 is 0 Å². The third-order valence-electron chi connectivity index (χ3n) is 2.35. The highest BCUT2D eigenvalue weighted by molar-refractivity contribution is 5.16. The first-order valence-corrected chi connectivity index (χ1v) is 4.53. The Morgan fingerprint density at radius 1 is 1.75 bits per heavy atom. The zero-order valence-electron chi connectivity index (χ0n) is 7.29. The van der Waals surface area contributed by atoms with Crippen molar-refractivity contribution >= 4 is 0 Å². The van der Waals surface area contributed by atoms with Crippen LogP contribution < -0.4 is 5.73 Å². The fourth-order valence-electron chi connectivity index (χ4n) is 1.25. The Morgan fingerprint density at radius 2 is 2.50 bits per heavy atom. The normalized spacial score (nSPS) is 19.5. The second-order valence-corrected chi connectivity index (χ2v) is 3.44. The van der Waals surface area contributed by atoms with E-state index >= 15 is 0 Å². The molecule has 0 spiro atoms. The maximum atomic E-state index is 5.81. The highest BCUT2D eigenvalue weighted by atomic mass is 16.5. The predicted molar refractivity (Wildman–Crippen MR) is 45.7 cm³/mol. The van der Waals surface area contributed by atoms with Gasteiger partial charge in [0.1, 0.15) is 11.5 Å². The van der Waals surface area contributed by atoms with Crippen LogP contribution >= 0.6 is 0 Å². The molecule has 1 atom stereocenters. The molecule has 1 unspecified atom stereocenters. The minimum absolute atomic E-state index is 0.0428. The molecule has 1 aliphatic carbocycles. The van der Waals surface area contributed by atoms with Gasteiger partial charge in [0.2, 0.25) is 0 Å². The summed E-state index contributed by atoms with van der Waals surface area (Å²) in [4.78, 5) is 0. The molecule has 0 amide bonds. The Hall–Kier alpha value is -0.830. The van der Waals surface area contributed by atoms with E-state index in [0.29, 0.717) is 5.92 Å². The Morgan fingerprint density at radius 3 is 3.08 bits per heavy atom. The molecule has 1 saturated carbocycles. The standard InChI is InChI=1S/C9H14N2O/c1-2-7(10)8-5-9(12-11-8)6-3-4-6/h5-7H,2-4,10H2,1H3. The molecule has 2 rings (SSSR count). The van der Waals surface area contributed by atoms with Crippen molar-refractivity contribution < 1.29 is 4.52 Å². The lowest BCUT2D eigenvalue weighted by molar-refractivity contribution is 0.373. The van der Waals surface area contributed by atoms with E-state index in [0.717, 1.165) is 17.9 Å². The van der Waals surface area contributed by atoms with Crippen LogP contribution in [0.15, 0.2) is 10.6 Å². The van der Waals surface area contributed by atoms with Gasteiger partial charge in [0.15, 0.2) is 0 Å². The van der Waals surface area contributed by atoms with Gasteiger partial charge in [0.05, 0.1) is 6.04 Å². The second kappa shape index (κ2) is 2.90. The first kappa shape index (κ1) is 7.80. The average molecular weight is 166 g/mol. The van der Waals surface area contributed by atoms with Crippen molar-refractivity contribution in [1.29, 1.82) is 0 Å². The van der Waals surface area contributed by atoms with Crippen LogP contribution in [0.25, 0.3) is 0 Å². The Bertz CT molecular complexity index is 265. The fourth-order valence-corrected chi connectivity index (χ4v) is 1.25. The molecule has 0 aromatic carbocycles. The van der Waals surface area contributed by atoms with Crippen LogP contribution in [0.5, 0.6) is 0 Å². The molecule has 0 aliphatic heterocycles. The molecule has 1 aromatic rings. The summed E-state index contributed by atoms with van der Waals surface area (Å²) in [6.45, 7) is 2.05. The summed E-state index contributed by atoms with van der Waals surface area (Å²) >= 11 is 0. The lowest BCUT2D eigenvalue weighted by Gasteiger charge is -2.00. The minimum atomic E-state index is 0.0428. The Balaban J connectivity index is 2.12. The summed E-state index contributed by atoms with van der Waals surface area (Å²) in [7, 11) is 0. The van der Waals surface area contributed by atoms with Crippen LogP contribution in [-0.4, -0.2) is 5.16 Å². The van der Waals surface area contributed by atoms with Crippen LogP contribution in [0, 0.1) is 0 Å². The summed E-state index contributed by atoms with van der Waals surface area (Å²) in [5, 5.41) is 3.95. The zero-order valence-corrected chi connectivity index (χ0v) is 7.29. The van der Waals surface area contributed by atoms with E-state index in [2.05, 4.69) is 12.1 Å². The summed E-state index contributed by atoms with van der Waals surface area (Å²) in [6.07, 6.45) is 3.41. The van der Waals surface area contributed by atoms with E-state index in [-0.39, 0.29) is 6.04 Å². The third-order valence-corrected chi connectivity index (χ3v) is 2.35. The summed E-state index contributed by atoms with van der Waals surface area (Å²) in [5.74, 6) is 1.66. The van der Waals surface area contributed by atoms with Gasteiger partial charge in [-0.2, -0.15) is 0 Å². The molecule has 0 saturated heterocycles. The Kier molecular flexibility index (Phi) is 1.89. The zero-order chi connectivity index (χ0) is 8.55. The number of hydrogen-bond acceptors (Lipinski definition) is 3. The topological polar surface area (TPSA) is 52.0 Å². The van der Waals surface area contributed by atoms with Crippen molar-refractivity contribution in [2.45, 2.75) is 38.1 Å². The van der Waals surface area contributed by atoms with E-state index < -0.39 is 0 Å². The molecule has 0 radical (unpaired) electrons. The molecule has 3 heteroatoms. The second-order valence-electron chi connectivity index (χ2n) is 3.44. The lowest BCUT2D eigenvalue weighted by atomic mass is 10.1. The number of aromatic nitrogens is 1. The molecular formula is C9H14N2O. The van der Waals surface area contributed by atoms with Crippen molar-refractivity contribution in [2.24, 2.45) is 5.73 Å². The van der Waals surface area contributed by atoms with E-state index in [1.165, 1.54) is 12.8 Å². The van der Waals surface area contributed by atoms with Crippen LogP contribution in [-0.2, 0) is 0 Å². The van der Waals surface area contributed by atoms with Gasteiger partial charge in [-0.15, -0.1) is 0 Å². The van der Waals surface area contributed by atoms with Crippen LogP contribution in [0.3, 0.4) is 0 Å². The van der Waals surface area contributed by atoms with Crippen molar-refractivity contribution in [3.63, 3.8) is 0 Å². The summed E-state index contributed by atoms with van der Waals surface area (Å²) < 4.78 is 5.18. The molecule has 66 valence electrons. The number of rotatable bonds is 3. The molecule has 0 bridgehead atoms. The first-order valence-electron chi connectivity index (χ1n) is 4.53. The molecule has 1 aliphatic rings. The third kappa shape index (κ3) is 1.37. The number of nitrogens with zero attached hydrogens (tertiary/aromatic N) is 1. The Labute approximate surface area is 71.9 Å². The van der Waals surface area contributed by atoms with Gasteiger partial charge in [-0.3, -0.25) is 0 Å². The van der Waals surface area contributed by atoms with E-state index in [4.69, 9.17) is 10.3 Å². The van der Waals surface area contributed by atoms with Crippen LogP contribution in [0.4, 0.5) is 0 Å². The summed E-state index contributed by atoms with van der Waals surface area (Å²) in [6, 6.07) is 2.05. The number of nitrogens with two attached hydrogens (primary N) is 1. The van der Waals surface area contributed by atoms with Crippen molar-refractivity contribution in [2.75, 3.05) is 0 Å². The van der Waals surface area contributed by atoms with Crippen molar-refractivity contribution in [1.82, 2.24) is 5.16 Å². The summed E-state index contributed by atoms with van der Waals surface area (Å²) in [5.41, 5.74) is 6.71. The number of hydrogen-bond donors (Lipinski definition) is 1. The minimum Gasteiger partial charge on any atom is -0.361 e. The highest BCUT2D eigenvalue weighted by Crippen LogP contribution is 2.40. The fraction of sp³-hybridized carbons (Fsp3) is 0.667. The van der Waals surface area contributed by atoms with Gasteiger partial charge < -0.3 is 10.3 Å². The molecule has 1 aromatic heterocycles. The molecule has 1 fully saturated rings. The average Bonchev–Trinajstić information content (AvgIpc) is 2.83.